The van der Waals surface area contributed by atoms with Gasteiger partial charge in [0.05, 0.1) is 31.6 Å². The number of ether oxygens (including phenoxy) is 2. The molecule has 0 saturated carbocycles. The van der Waals surface area contributed by atoms with Crippen molar-refractivity contribution in [1.29, 1.82) is 0 Å². The Hall–Kier alpha value is -0.950. The first-order valence-corrected chi connectivity index (χ1v) is 8.08. The van der Waals surface area contributed by atoms with Crippen LogP contribution in [0.2, 0.25) is 0 Å². The summed E-state index contributed by atoms with van der Waals surface area (Å²) < 4.78 is 13.5. The van der Waals surface area contributed by atoms with E-state index in [9.17, 15) is 0 Å². The van der Waals surface area contributed by atoms with Gasteiger partial charge in [0.15, 0.2) is 4.96 Å². The van der Waals surface area contributed by atoms with Crippen molar-refractivity contribution < 1.29 is 9.47 Å². The van der Waals surface area contributed by atoms with Crippen LogP contribution in [0.25, 0.3) is 4.96 Å². The molecule has 6 heteroatoms. The molecular formula is C14H21N3O2S. The average molecular weight is 295 g/mol. The van der Waals surface area contributed by atoms with Crippen LogP contribution in [0, 0.1) is 0 Å². The maximum Gasteiger partial charge on any atom is 0.193 e. The Balaban J connectivity index is 1.69. The first-order chi connectivity index (χ1) is 9.86. The van der Waals surface area contributed by atoms with Gasteiger partial charge in [0.25, 0.3) is 0 Å². The molecule has 0 bridgehead atoms. The lowest BCUT2D eigenvalue weighted by Crippen LogP contribution is -2.48. The van der Waals surface area contributed by atoms with E-state index >= 15 is 0 Å². The Bertz CT molecular complexity index is 505. The van der Waals surface area contributed by atoms with E-state index in [1.54, 1.807) is 11.3 Å². The normalized spacial score (nSPS) is 21.4. The predicted octanol–water partition coefficient (Wildman–Crippen LogP) is 1.72. The van der Waals surface area contributed by atoms with Gasteiger partial charge < -0.3 is 14.8 Å². The molecule has 1 N–H and O–H groups in total. The number of aromatic nitrogens is 2. The fourth-order valence-corrected chi connectivity index (χ4v) is 3.22. The van der Waals surface area contributed by atoms with Crippen LogP contribution in [-0.4, -0.2) is 47.9 Å². The molecule has 0 radical (unpaired) electrons. The zero-order valence-corrected chi connectivity index (χ0v) is 12.6. The molecule has 2 unspecified atom stereocenters. The van der Waals surface area contributed by atoms with Crippen LogP contribution in [0.1, 0.15) is 19.0 Å². The van der Waals surface area contributed by atoms with Crippen LogP contribution in [0.15, 0.2) is 17.8 Å². The topological polar surface area (TPSA) is 47.8 Å². The van der Waals surface area contributed by atoms with Crippen LogP contribution in [0.4, 0.5) is 0 Å². The van der Waals surface area contributed by atoms with Gasteiger partial charge in [0.1, 0.15) is 0 Å². The van der Waals surface area contributed by atoms with Crippen molar-refractivity contribution in [1.82, 2.24) is 14.7 Å². The third kappa shape index (κ3) is 3.20. The molecule has 110 valence electrons. The summed E-state index contributed by atoms with van der Waals surface area (Å²) >= 11 is 1.66. The number of nitrogens with one attached hydrogen (secondary N) is 1. The SMILES string of the molecule is CCCNC(Cc1cn2ccsc2n1)C1COCCO1. The van der Waals surface area contributed by atoms with E-state index in [-0.39, 0.29) is 12.1 Å². The van der Waals surface area contributed by atoms with Gasteiger partial charge in [0, 0.05) is 30.2 Å². The smallest absolute Gasteiger partial charge is 0.193 e. The van der Waals surface area contributed by atoms with Crippen molar-refractivity contribution in [2.24, 2.45) is 0 Å². The van der Waals surface area contributed by atoms with Gasteiger partial charge in [-0.3, -0.25) is 4.40 Å². The minimum Gasteiger partial charge on any atom is -0.376 e. The fraction of sp³-hybridized carbons (Fsp3) is 0.643. The Morgan fingerprint density at radius 1 is 1.55 bits per heavy atom. The van der Waals surface area contributed by atoms with Crippen LogP contribution in [0.5, 0.6) is 0 Å². The molecule has 5 nitrogen and oxygen atoms in total. The average Bonchev–Trinajstić information content (AvgIpc) is 3.05. The van der Waals surface area contributed by atoms with E-state index in [0.29, 0.717) is 19.8 Å². The van der Waals surface area contributed by atoms with Gasteiger partial charge in [-0.15, -0.1) is 11.3 Å². The van der Waals surface area contributed by atoms with Crippen molar-refractivity contribution >= 4 is 16.3 Å². The molecular weight excluding hydrogens is 274 g/mol. The first kappa shape index (κ1) is 14.0. The van der Waals surface area contributed by atoms with Crippen LogP contribution in [0.3, 0.4) is 0 Å². The molecule has 1 aliphatic rings. The molecule has 0 aromatic carbocycles. The zero-order chi connectivity index (χ0) is 13.8. The van der Waals surface area contributed by atoms with Gasteiger partial charge in [-0.05, 0) is 13.0 Å². The lowest BCUT2D eigenvalue weighted by Gasteiger charge is -2.30. The molecule has 2 aromatic heterocycles. The highest BCUT2D eigenvalue weighted by Gasteiger charge is 2.25. The van der Waals surface area contributed by atoms with E-state index in [2.05, 4.69) is 33.2 Å². The molecule has 0 aliphatic carbocycles. The predicted molar refractivity (Wildman–Crippen MR) is 79.4 cm³/mol. The molecule has 0 amide bonds. The molecule has 1 saturated heterocycles. The van der Waals surface area contributed by atoms with Gasteiger partial charge in [-0.2, -0.15) is 0 Å². The van der Waals surface area contributed by atoms with Crippen molar-refractivity contribution in [2.75, 3.05) is 26.4 Å². The Labute approximate surface area is 122 Å². The number of nitrogens with zero attached hydrogens (tertiary/aromatic N) is 2. The molecule has 3 rings (SSSR count). The maximum absolute atomic E-state index is 5.85. The first-order valence-electron chi connectivity index (χ1n) is 7.20. The van der Waals surface area contributed by atoms with Crippen LogP contribution in [-0.2, 0) is 15.9 Å². The second kappa shape index (κ2) is 6.67. The lowest BCUT2D eigenvalue weighted by atomic mass is 10.1. The summed E-state index contributed by atoms with van der Waals surface area (Å²) in [6, 6.07) is 0.264. The van der Waals surface area contributed by atoms with E-state index in [1.807, 2.05) is 6.20 Å². The Kier molecular flexibility index (Phi) is 4.67. The highest BCUT2D eigenvalue weighted by molar-refractivity contribution is 7.15. The summed E-state index contributed by atoms with van der Waals surface area (Å²) in [5, 5.41) is 5.63. The summed E-state index contributed by atoms with van der Waals surface area (Å²) in [5.74, 6) is 0. The van der Waals surface area contributed by atoms with E-state index in [1.165, 1.54) is 0 Å². The van der Waals surface area contributed by atoms with E-state index < -0.39 is 0 Å². The van der Waals surface area contributed by atoms with Crippen LogP contribution >= 0.6 is 11.3 Å². The number of fused-ring (bicyclic) bond motifs is 1. The summed E-state index contributed by atoms with van der Waals surface area (Å²) in [6.45, 7) is 5.23. The quantitative estimate of drug-likeness (QED) is 0.881. The summed E-state index contributed by atoms with van der Waals surface area (Å²) in [7, 11) is 0. The number of hydrogen-bond donors (Lipinski definition) is 1. The highest BCUT2D eigenvalue weighted by Crippen LogP contribution is 2.15. The molecule has 2 atom stereocenters. The molecule has 20 heavy (non-hydrogen) atoms. The fourth-order valence-electron chi connectivity index (χ4n) is 2.50. The minimum atomic E-state index is 0.120. The van der Waals surface area contributed by atoms with Gasteiger partial charge >= 0.3 is 0 Å². The Morgan fingerprint density at radius 2 is 2.50 bits per heavy atom. The molecule has 3 heterocycles. The lowest BCUT2D eigenvalue weighted by molar-refractivity contribution is -0.101. The van der Waals surface area contributed by atoms with Crippen molar-refractivity contribution in [3.8, 4) is 0 Å². The summed E-state index contributed by atoms with van der Waals surface area (Å²) in [5.41, 5.74) is 1.11. The van der Waals surface area contributed by atoms with Crippen molar-refractivity contribution in [2.45, 2.75) is 31.9 Å². The van der Waals surface area contributed by atoms with E-state index in [4.69, 9.17) is 9.47 Å². The molecule has 2 aromatic rings. The largest absolute Gasteiger partial charge is 0.376 e. The number of hydrogen-bond acceptors (Lipinski definition) is 5. The van der Waals surface area contributed by atoms with Gasteiger partial charge in [0.2, 0.25) is 0 Å². The second-order valence-electron chi connectivity index (χ2n) is 5.07. The maximum atomic E-state index is 5.85. The minimum absolute atomic E-state index is 0.120. The van der Waals surface area contributed by atoms with Crippen molar-refractivity contribution in [3.05, 3.63) is 23.5 Å². The van der Waals surface area contributed by atoms with E-state index in [0.717, 1.165) is 30.0 Å². The number of rotatable bonds is 6. The number of thiazole rings is 1. The van der Waals surface area contributed by atoms with Gasteiger partial charge in [-0.25, -0.2) is 4.98 Å². The molecule has 1 aliphatic heterocycles. The monoisotopic (exact) mass is 295 g/mol. The number of imidazole rings is 1. The summed E-state index contributed by atoms with van der Waals surface area (Å²) in [6.07, 6.45) is 6.27. The molecule has 1 fully saturated rings. The molecule has 0 spiro atoms. The third-order valence-electron chi connectivity index (χ3n) is 3.52. The highest BCUT2D eigenvalue weighted by atomic mass is 32.1. The Morgan fingerprint density at radius 3 is 3.25 bits per heavy atom. The summed E-state index contributed by atoms with van der Waals surface area (Å²) in [4.78, 5) is 5.71. The third-order valence-corrected chi connectivity index (χ3v) is 4.29. The van der Waals surface area contributed by atoms with Crippen molar-refractivity contribution in [3.63, 3.8) is 0 Å². The second-order valence-corrected chi connectivity index (χ2v) is 5.95. The van der Waals surface area contributed by atoms with Gasteiger partial charge in [-0.1, -0.05) is 6.92 Å². The zero-order valence-electron chi connectivity index (χ0n) is 11.7. The standard InChI is InChI=1S/C14H21N3O2S/c1-2-3-15-12(13-10-18-5-6-19-13)8-11-9-17-4-7-20-14(17)16-11/h4,7,9,12-13,15H,2-3,5-6,8,10H2,1H3. The van der Waals surface area contributed by atoms with Crippen LogP contribution < -0.4 is 5.32 Å².